The van der Waals surface area contributed by atoms with Crippen LogP contribution in [0.25, 0.3) is 0 Å². The molecule has 2 saturated heterocycles. The van der Waals surface area contributed by atoms with E-state index in [9.17, 15) is 9.59 Å². The van der Waals surface area contributed by atoms with E-state index in [4.69, 9.17) is 4.42 Å². The molecular formula is C21H27N5O3. The Kier molecular flexibility index (Phi) is 5.78. The molecule has 2 fully saturated rings. The molecule has 0 spiro atoms. The molecule has 0 saturated carbocycles. The predicted octanol–water partition coefficient (Wildman–Crippen LogP) is 2.44. The van der Waals surface area contributed by atoms with Gasteiger partial charge >= 0.3 is 0 Å². The lowest BCUT2D eigenvalue weighted by Crippen LogP contribution is -2.50. The number of carbonyl (C=O) groups is 2. The van der Waals surface area contributed by atoms with Crippen LogP contribution in [0.1, 0.15) is 53.5 Å². The van der Waals surface area contributed by atoms with Crippen LogP contribution in [0.2, 0.25) is 0 Å². The van der Waals surface area contributed by atoms with E-state index >= 15 is 0 Å². The van der Waals surface area contributed by atoms with Gasteiger partial charge in [0.15, 0.2) is 5.76 Å². The number of furan rings is 1. The summed E-state index contributed by atoms with van der Waals surface area (Å²) in [6.45, 7) is 5.09. The van der Waals surface area contributed by atoms with Crippen LogP contribution in [0.4, 0.5) is 5.95 Å². The van der Waals surface area contributed by atoms with Gasteiger partial charge in [0, 0.05) is 51.2 Å². The van der Waals surface area contributed by atoms with Gasteiger partial charge in [0.25, 0.3) is 11.8 Å². The smallest absolute Gasteiger partial charge is 0.289 e. The zero-order valence-electron chi connectivity index (χ0n) is 16.8. The molecule has 1 unspecified atom stereocenters. The van der Waals surface area contributed by atoms with E-state index < -0.39 is 0 Å². The zero-order valence-corrected chi connectivity index (χ0v) is 16.8. The monoisotopic (exact) mass is 397 g/mol. The van der Waals surface area contributed by atoms with Gasteiger partial charge in [-0.15, -0.1) is 0 Å². The molecule has 0 N–H and O–H groups in total. The van der Waals surface area contributed by atoms with Gasteiger partial charge in [-0.3, -0.25) is 9.59 Å². The van der Waals surface area contributed by atoms with E-state index in [1.54, 1.807) is 34.3 Å². The summed E-state index contributed by atoms with van der Waals surface area (Å²) in [6, 6.07) is 3.83. The number of hydrogen-bond acceptors (Lipinski definition) is 6. The molecule has 0 aromatic carbocycles. The molecule has 1 atom stereocenters. The molecule has 4 rings (SSSR count). The van der Waals surface area contributed by atoms with E-state index in [0.717, 1.165) is 19.4 Å². The summed E-state index contributed by atoms with van der Waals surface area (Å²) >= 11 is 0. The second kappa shape index (κ2) is 8.63. The molecule has 154 valence electrons. The third-order valence-electron chi connectivity index (χ3n) is 5.83. The summed E-state index contributed by atoms with van der Waals surface area (Å²) in [5.74, 6) is 0.813. The molecule has 2 aromatic heterocycles. The lowest BCUT2D eigenvalue weighted by atomic mass is 10.0. The SMILES string of the molecule is CCC1CCCCN1c1ncc(C(=O)N2CCN(C(=O)c3ccco3)CC2)cn1. The number of hydrogen-bond donors (Lipinski definition) is 0. The minimum Gasteiger partial charge on any atom is -0.459 e. The van der Waals surface area contributed by atoms with Crippen LogP contribution in [0.3, 0.4) is 0 Å². The Bertz CT molecular complexity index is 829. The topological polar surface area (TPSA) is 82.8 Å². The van der Waals surface area contributed by atoms with Crippen molar-refractivity contribution in [2.75, 3.05) is 37.6 Å². The highest BCUT2D eigenvalue weighted by molar-refractivity contribution is 5.94. The molecule has 0 aliphatic carbocycles. The fourth-order valence-corrected chi connectivity index (χ4v) is 4.12. The van der Waals surface area contributed by atoms with Gasteiger partial charge < -0.3 is 19.1 Å². The van der Waals surface area contributed by atoms with Gasteiger partial charge in [-0.05, 0) is 37.8 Å². The molecule has 4 heterocycles. The standard InChI is InChI=1S/C21H27N5O3/c1-2-17-6-3-4-8-26(17)21-22-14-16(15-23-21)19(27)24-9-11-25(12-10-24)20(28)18-7-5-13-29-18/h5,7,13-15,17H,2-4,6,8-12H2,1H3. The highest BCUT2D eigenvalue weighted by atomic mass is 16.3. The van der Waals surface area contributed by atoms with Gasteiger partial charge in [-0.25, -0.2) is 9.97 Å². The van der Waals surface area contributed by atoms with E-state index in [-0.39, 0.29) is 11.8 Å². The largest absolute Gasteiger partial charge is 0.459 e. The van der Waals surface area contributed by atoms with E-state index in [1.807, 2.05) is 0 Å². The normalized spacial score (nSPS) is 20.0. The fourth-order valence-electron chi connectivity index (χ4n) is 4.12. The number of nitrogens with zero attached hydrogens (tertiary/aromatic N) is 5. The van der Waals surface area contributed by atoms with Crippen molar-refractivity contribution >= 4 is 17.8 Å². The maximum absolute atomic E-state index is 12.8. The van der Waals surface area contributed by atoms with Crippen molar-refractivity contribution in [3.63, 3.8) is 0 Å². The molecule has 29 heavy (non-hydrogen) atoms. The van der Waals surface area contributed by atoms with Crippen LogP contribution in [0, 0.1) is 0 Å². The molecule has 2 aliphatic rings. The van der Waals surface area contributed by atoms with Crippen LogP contribution in [0.15, 0.2) is 35.2 Å². The van der Waals surface area contributed by atoms with E-state index in [2.05, 4.69) is 21.8 Å². The van der Waals surface area contributed by atoms with Crippen LogP contribution in [-0.4, -0.2) is 70.3 Å². The van der Waals surface area contributed by atoms with Crippen LogP contribution < -0.4 is 4.90 Å². The Labute approximate surface area is 170 Å². The summed E-state index contributed by atoms with van der Waals surface area (Å²) in [5, 5.41) is 0. The average molecular weight is 397 g/mol. The second-order valence-corrected chi connectivity index (χ2v) is 7.58. The number of piperazine rings is 1. The van der Waals surface area contributed by atoms with Crippen molar-refractivity contribution in [3.8, 4) is 0 Å². The molecule has 8 heteroatoms. The first kappa shape index (κ1) is 19.4. The van der Waals surface area contributed by atoms with E-state index in [1.165, 1.54) is 19.1 Å². The molecule has 8 nitrogen and oxygen atoms in total. The van der Waals surface area contributed by atoms with Crippen molar-refractivity contribution in [1.82, 2.24) is 19.8 Å². The molecule has 0 bridgehead atoms. The Balaban J connectivity index is 1.36. The summed E-state index contributed by atoms with van der Waals surface area (Å²) < 4.78 is 5.18. The second-order valence-electron chi connectivity index (χ2n) is 7.58. The van der Waals surface area contributed by atoms with Crippen molar-refractivity contribution in [1.29, 1.82) is 0 Å². The summed E-state index contributed by atoms with van der Waals surface area (Å²) in [5.41, 5.74) is 0.490. The number of aromatic nitrogens is 2. The first-order chi connectivity index (χ1) is 14.2. The Hall–Kier alpha value is -2.90. The molecule has 2 aliphatic heterocycles. The fraction of sp³-hybridized carbons (Fsp3) is 0.524. The van der Waals surface area contributed by atoms with Crippen LogP contribution in [0.5, 0.6) is 0 Å². The van der Waals surface area contributed by atoms with Gasteiger partial charge in [-0.1, -0.05) is 6.92 Å². The zero-order chi connectivity index (χ0) is 20.2. The Morgan fingerprint density at radius 1 is 1.03 bits per heavy atom. The molecule has 2 amide bonds. The minimum absolute atomic E-state index is 0.0904. The van der Waals surface area contributed by atoms with Crippen LogP contribution >= 0.6 is 0 Å². The molecule has 2 aromatic rings. The highest BCUT2D eigenvalue weighted by Crippen LogP contribution is 2.23. The molecular weight excluding hydrogens is 370 g/mol. The summed E-state index contributed by atoms with van der Waals surface area (Å²) in [4.78, 5) is 39.9. The first-order valence-corrected chi connectivity index (χ1v) is 10.4. The minimum atomic E-state index is -0.137. The Morgan fingerprint density at radius 3 is 2.34 bits per heavy atom. The highest BCUT2D eigenvalue weighted by Gasteiger charge is 2.28. The number of anilines is 1. The maximum Gasteiger partial charge on any atom is 0.289 e. The van der Waals surface area contributed by atoms with Crippen molar-refractivity contribution < 1.29 is 14.0 Å². The van der Waals surface area contributed by atoms with Gasteiger partial charge in [-0.2, -0.15) is 0 Å². The summed E-state index contributed by atoms with van der Waals surface area (Å²) in [7, 11) is 0. The van der Waals surface area contributed by atoms with E-state index in [0.29, 0.717) is 49.5 Å². The number of rotatable bonds is 4. The quantitative estimate of drug-likeness (QED) is 0.788. The average Bonchev–Trinajstić information content (AvgIpc) is 3.33. The molecule has 0 radical (unpaired) electrons. The summed E-state index contributed by atoms with van der Waals surface area (Å²) in [6.07, 6.45) is 9.40. The number of carbonyl (C=O) groups excluding carboxylic acids is 2. The third kappa shape index (κ3) is 4.11. The predicted molar refractivity (Wildman–Crippen MR) is 108 cm³/mol. The van der Waals surface area contributed by atoms with Crippen molar-refractivity contribution in [2.24, 2.45) is 0 Å². The lowest BCUT2D eigenvalue weighted by molar-refractivity contribution is 0.0517. The Morgan fingerprint density at radius 2 is 1.72 bits per heavy atom. The van der Waals surface area contributed by atoms with Crippen LogP contribution in [-0.2, 0) is 0 Å². The van der Waals surface area contributed by atoms with Gasteiger partial charge in [0.2, 0.25) is 5.95 Å². The van der Waals surface area contributed by atoms with Crippen molar-refractivity contribution in [3.05, 3.63) is 42.1 Å². The van der Waals surface area contributed by atoms with Gasteiger partial charge in [0.05, 0.1) is 11.8 Å². The number of piperidine rings is 1. The van der Waals surface area contributed by atoms with Gasteiger partial charge in [0.1, 0.15) is 0 Å². The first-order valence-electron chi connectivity index (χ1n) is 10.4. The third-order valence-corrected chi connectivity index (χ3v) is 5.83. The van der Waals surface area contributed by atoms with Crippen molar-refractivity contribution in [2.45, 2.75) is 38.6 Å². The number of amides is 2. The lowest BCUT2D eigenvalue weighted by Gasteiger charge is -2.35. The maximum atomic E-state index is 12.8.